The average molecular weight is 207 g/mol. The van der Waals surface area contributed by atoms with E-state index < -0.39 is 0 Å². The van der Waals surface area contributed by atoms with Crippen molar-refractivity contribution in [1.82, 2.24) is 0 Å². The number of hydrogen-bond donors (Lipinski definition) is 0. The summed E-state index contributed by atoms with van der Waals surface area (Å²) in [6.07, 6.45) is 9.37. The Hall–Kier alpha value is -1.64. The molecular weight excluding hydrogens is 192 g/mol. The fourth-order valence-electron chi connectivity index (χ4n) is 1.26. The van der Waals surface area contributed by atoms with Crippen LogP contribution in [0.5, 0.6) is 0 Å². The van der Waals surface area contributed by atoms with E-state index in [0.717, 1.165) is 11.4 Å². The zero-order valence-corrected chi connectivity index (χ0v) is 9.19. The smallest absolute Gasteiger partial charge is 0.343 e. The third-order valence-corrected chi connectivity index (χ3v) is 2.13. The van der Waals surface area contributed by atoms with Gasteiger partial charge in [-0.2, -0.15) is 0 Å². The van der Waals surface area contributed by atoms with E-state index in [1.807, 2.05) is 30.4 Å². The zero-order chi connectivity index (χ0) is 11.3. The Morgan fingerprint density at radius 2 is 2.00 bits per heavy atom. The summed E-state index contributed by atoms with van der Waals surface area (Å²) in [5, 5.41) is 0. The van der Waals surface area contributed by atoms with Crippen LogP contribution in [0.4, 0.5) is 0 Å². The van der Waals surface area contributed by atoms with Gasteiger partial charge in [-0.1, -0.05) is 6.08 Å². The van der Waals surface area contributed by atoms with E-state index in [4.69, 9.17) is 4.42 Å². The van der Waals surface area contributed by atoms with Crippen molar-refractivity contribution < 1.29 is 14.0 Å². The summed E-state index contributed by atoms with van der Waals surface area (Å²) in [4.78, 5) is 11.2. The van der Waals surface area contributed by atoms with Crippen LogP contribution in [0.3, 0.4) is 0 Å². The van der Waals surface area contributed by atoms with E-state index >= 15 is 0 Å². The highest BCUT2D eigenvalue weighted by atomic mass is 16.5. The molecule has 0 N–H and O–H groups in total. The number of methoxy groups -OCH3 is 1. The Balaban J connectivity index is 2.72. The largest absolute Gasteiger partial charge is 0.469 e. The molecule has 0 aromatic heterocycles. The van der Waals surface area contributed by atoms with E-state index in [1.165, 1.54) is 7.11 Å². The Kier molecular flexibility index (Phi) is 4.03. The molecule has 0 aliphatic heterocycles. The molecule has 0 heterocycles. The van der Waals surface area contributed by atoms with Gasteiger partial charge in [-0.05, 0) is 24.6 Å². The van der Waals surface area contributed by atoms with Gasteiger partial charge in [0.1, 0.15) is 0 Å². The van der Waals surface area contributed by atoms with Crippen LogP contribution in [-0.4, -0.2) is 26.0 Å². The second-order valence-corrected chi connectivity index (χ2v) is 3.25. The van der Waals surface area contributed by atoms with Crippen molar-refractivity contribution >= 4 is 11.8 Å². The number of hydrogen-bond acceptors (Lipinski definition) is 2. The standard InChI is InChI=1S/C12H15O3/c1-9(12(13)15-3)8-10-4-6-11(14-2)7-5-10/h4-9H,1-3H3/q+1. The van der Waals surface area contributed by atoms with E-state index in [9.17, 15) is 4.79 Å². The summed E-state index contributed by atoms with van der Waals surface area (Å²) in [7, 11) is 3.01. The van der Waals surface area contributed by atoms with Crippen LogP contribution in [0, 0.1) is 5.92 Å². The first-order chi connectivity index (χ1) is 7.17. The van der Waals surface area contributed by atoms with Crippen molar-refractivity contribution in [2.45, 2.75) is 6.92 Å². The van der Waals surface area contributed by atoms with Crippen molar-refractivity contribution in [2.75, 3.05) is 14.2 Å². The lowest BCUT2D eigenvalue weighted by molar-refractivity contribution is -0.417. The minimum atomic E-state index is -0.233. The van der Waals surface area contributed by atoms with Crippen LogP contribution in [-0.2, 0) is 14.0 Å². The maximum Gasteiger partial charge on any atom is 0.343 e. The molecule has 1 unspecified atom stereocenters. The van der Waals surface area contributed by atoms with Crippen LogP contribution < -0.4 is 0 Å². The molecule has 0 spiro atoms. The summed E-state index contributed by atoms with van der Waals surface area (Å²) in [5.74, 6) is 0.340. The molecule has 0 amide bonds. The van der Waals surface area contributed by atoms with Crippen LogP contribution in [0.25, 0.3) is 0 Å². The Bertz CT molecular complexity index is 341. The minimum Gasteiger partial charge on any atom is -0.469 e. The van der Waals surface area contributed by atoms with Crippen molar-refractivity contribution in [3.05, 3.63) is 36.0 Å². The second kappa shape index (κ2) is 5.29. The zero-order valence-electron chi connectivity index (χ0n) is 9.19. The highest BCUT2D eigenvalue weighted by molar-refractivity contribution is 6.01. The summed E-state index contributed by atoms with van der Waals surface area (Å²) < 4.78 is 9.67. The molecule has 0 bridgehead atoms. The van der Waals surface area contributed by atoms with Crippen LogP contribution in [0.2, 0.25) is 0 Å². The van der Waals surface area contributed by atoms with Gasteiger partial charge in [0.2, 0.25) is 0 Å². The molecule has 0 radical (unpaired) electrons. The minimum absolute atomic E-state index is 0.231. The first-order valence-electron chi connectivity index (χ1n) is 4.74. The fourth-order valence-corrected chi connectivity index (χ4v) is 1.26. The first kappa shape index (κ1) is 11.4. The lowest BCUT2D eigenvalue weighted by Crippen LogP contribution is -2.10. The lowest BCUT2D eigenvalue weighted by atomic mass is 10.0. The molecule has 0 saturated heterocycles. The maximum absolute atomic E-state index is 11.2. The van der Waals surface area contributed by atoms with E-state index in [0.29, 0.717) is 0 Å². The molecule has 80 valence electrons. The Morgan fingerprint density at radius 1 is 1.40 bits per heavy atom. The Labute approximate surface area is 89.4 Å². The summed E-state index contributed by atoms with van der Waals surface area (Å²) in [6.45, 7) is 1.80. The molecule has 3 heteroatoms. The van der Waals surface area contributed by atoms with Crippen molar-refractivity contribution in [2.24, 2.45) is 5.92 Å². The summed E-state index contributed by atoms with van der Waals surface area (Å²) in [5.41, 5.74) is 0.980. The molecule has 0 aromatic carbocycles. The molecule has 0 fully saturated rings. The summed E-state index contributed by atoms with van der Waals surface area (Å²) in [6, 6.07) is 0. The number of carbonyl (C=O) groups excluding carboxylic acids is 2. The predicted octanol–water partition coefficient (Wildman–Crippen LogP) is 1.58. The Morgan fingerprint density at radius 3 is 2.47 bits per heavy atom. The van der Waals surface area contributed by atoms with Gasteiger partial charge < -0.3 is 4.74 Å². The van der Waals surface area contributed by atoms with Crippen molar-refractivity contribution in [3.8, 4) is 0 Å². The van der Waals surface area contributed by atoms with Gasteiger partial charge in [0.05, 0.1) is 13.0 Å². The van der Waals surface area contributed by atoms with Gasteiger partial charge >= 0.3 is 11.8 Å². The van der Waals surface area contributed by atoms with Gasteiger partial charge in [-0.25, -0.2) is 0 Å². The number of carbonyl (C=O) groups is 1. The maximum atomic E-state index is 11.2. The van der Waals surface area contributed by atoms with Gasteiger partial charge in [0, 0.05) is 12.2 Å². The number of ether oxygens (including phenoxy) is 1. The van der Waals surface area contributed by atoms with Gasteiger partial charge in [-0.3, -0.25) is 9.22 Å². The third kappa shape index (κ3) is 3.20. The highest BCUT2D eigenvalue weighted by Crippen LogP contribution is 2.11. The molecule has 1 rings (SSSR count). The number of ketones is 1. The number of rotatable bonds is 2. The van der Waals surface area contributed by atoms with E-state index in [2.05, 4.69) is 4.74 Å². The molecule has 1 aliphatic rings. The van der Waals surface area contributed by atoms with Gasteiger partial charge in [-0.15, -0.1) is 0 Å². The predicted molar refractivity (Wildman–Crippen MR) is 58.5 cm³/mol. The number of esters is 1. The van der Waals surface area contributed by atoms with E-state index in [-0.39, 0.29) is 11.9 Å². The molecule has 3 nitrogen and oxygen atoms in total. The normalized spacial score (nSPS) is 16.2. The fraction of sp³-hybridized carbons (Fsp3) is 0.333. The molecule has 0 saturated carbocycles. The van der Waals surface area contributed by atoms with Crippen LogP contribution >= 0.6 is 0 Å². The van der Waals surface area contributed by atoms with Crippen molar-refractivity contribution in [3.63, 3.8) is 0 Å². The lowest BCUT2D eigenvalue weighted by Gasteiger charge is -2.05. The topological polar surface area (TPSA) is 37.6 Å². The van der Waals surface area contributed by atoms with Gasteiger partial charge in [0.15, 0.2) is 0 Å². The SMILES string of the molecule is COC(=O)C(C)C=C1C=CC(=[O+]C)C=C1. The third-order valence-electron chi connectivity index (χ3n) is 2.13. The average Bonchev–Trinajstić information content (AvgIpc) is 2.29. The first-order valence-corrected chi connectivity index (χ1v) is 4.74. The molecule has 15 heavy (non-hydrogen) atoms. The van der Waals surface area contributed by atoms with E-state index in [1.54, 1.807) is 14.0 Å². The molecular formula is C12H15O3+. The summed E-state index contributed by atoms with van der Waals surface area (Å²) >= 11 is 0. The molecule has 0 aromatic rings. The van der Waals surface area contributed by atoms with Crippen LogP contribution in [0.15, 0.2) is 36.0 Å². The van der Waals surface area contributed by atoms with Crippen LogP contribution in [0.1, 0.15) is 6.92 Å². The second-order valence-electron chi connectivity index (χ2n) is 3.25. The molecule has 1 atom stereocenters. The number of allylic oxidation sites excluding steroid dienone is 5. The van der Waals surface area contributed by atoms with Gasteiger partial charge in [0.25, 0.3) is 7.11 Å². The molecule has 1 aliphatic carbocycles. The quantitative estimate of drug-likeness (QED) is 0.509. The monoisotopic (exact) mass is 207 g/mol. The highest BCUT2D eigenvalue weighted by Gasteiger charge is 2.11. The van der Waals surface area contributed by atoms with Crippen molar-refractivity contribution in [1.29, 1.82) is 0 Å².